The lowest BCUT2D eigenvalue weighted by atomic mass is 9.96. The Balaban J connectivity index is 1.68. The van der Waals surface area contributed by atoms with Crippen molar-refractivity contribution in [3.8, 4) is 0 Å². The van der Waals surface area contributed by atoms with E-state index in [1.54, 1.807) is 18.2 Å². The van der Waals surface area contributed by atoms with Gasteiger partial charge in [-0.15, -0.1) is 0 Å². The molecule has 1 fully saturated rings. The number of amides is 3. The van der Waals surface area contributed by atoms with E-state index < -0.39 is 0 Å². The standard InChI is InChI=1S/C21H21N3O3/c1-2-19(25)23-16-7-5-6-14(10-16)11-21(27)24-18-9-4-3-8-17(18)15-12-20(26)22-13-15/h2-10,15H,1,11-13H2,(H,22,26)(H,23,25)(H,24,27). The van der Waals surface area contributed by atoms with E-state index in [0.717, 1.165) is 16.8 Å². The second-order valence-electron chi connectivity index (χ2n) is 6.41. The maximum Gasteiger partial charge on any atom is 0.247 e. The molecule has 6 heteroatoms. The van der Waals surface area contributed by atoms with Crippen molar-refractivity contribution < 1.29 is 14.4 Å². The van der Waals surface area contributed by atoms with Crippen LogP contribution in [0.2, 0.25) is 0 Å². The van der Waals surface area contributed by atoms with Crippen LogP contribution >= 0.6 is 0 Å². The Morgan fingerprint density at radius 3 is 2.70 bits per heavy atom. The van der Waals surface area contributed by atoms with E-state index in [4.69, 9.17) is 0 Å². The summed E-state index contributed by atoms with van der Waals surface area (Å²) in [5, 5.41) is 8.44. The molecular weight excluding hydrogens is 342 g/mol. The van der Waals surface area contributed by atoms with Gasteiger partial charge < -0.3 is 16.0 Å². The Kier molecular flexibility index (Phi) is 5.66. The number of anilines is 2. The molecule has 0 aromatic heterocycles. The van der Waals surface area contributed by atoms with E-state index in [2.05, 4.69) is 22.5 Å². The SMILES string of the molecule is C=CC(=O)Nc1cccc(CC(=O)Nc2ccccc2C2CNC(=O)C2)c1. The van der Waals surface area contributed by atoms with E-state index in [1.807, 2.05) is 30.3 Å². The van der Waals surface area contributed by atoms with Gasteiger partial charge in [-0.1, -0.05) is 36.9 Å². The van der Waals surface area contributed by atoms with Crippen LogP contribution in [-0.4, -0.2) is 24.3 Å². The molecule has 1 saturated heterocycles. The van der Waals surface area contributed by atoms with Gasteiger partial charge in [-0.3, -0.25) is 14.4 Å². The van der Waals surface area contributed by atoms with Crippen LogP contribution in [-0.2, 0) is 20.8 Å². The normalized spacial score (nSPS) is 15.7. The molecule has 138 valence electrons. The molecular formula is C21H21N3O3. The summed E-state index contributed by atoms with van der Waals surface area (Å²) in [7, 11) is 0. The fourth-order valence-corrected chi connectivity index (χ4v) is 3.12. The minimum Gasteiger partial charge on any atom is -0.355 e. The van der Waals surface area contributed by atoms with Crippen LogP contribution in [0.3, 0.4) is 0 Å². The lowest BCUT2D eigenvalue weighted by molar-refractivity contribution is -0.119. The molecule has 2 aromatic rings. The topological polar surface area (TPSA) is 87.3 Å². The minimum absolute atomic E-state index is 0.0273. The molecule has 0 bridgehead atoms. The number of nitrogens with one attached hydrogen (secondary N) is 3. The molecule has 2 aromatic carbocycles. The summed E-state index contributed by atoms with van der Waals surface area (Å²) >= 11 is 0. The van der Waals surface area contributed by atoms with Crippen molar-refractivity contribution in [2.75, 3.05) is 17.2 Å². The van der Waals surface area contributed by atoms with Crippen LogP contribution in [0.15, 0.2) is 61.2 Å². The van der Waals surface area contributed by atoms with E-state index in [1.165, 1.54) is 6.08 Å². The fourth-order valence-electron chi connectivity index (χ4n) is 3.12. The Bertz CT molecular complexity index is 892. The van der Waals surface area contributed by atoms with Crippen molar-refractivity contribution in [2.24, 2.45) is 0 Å². The Labute approximate surface area is 157 Å². The lowest BCUT2D eigenvalue weighted by Gasteiger charge is -2.15. The van der Waals surface area contributed by atoms with Crippen molar-refractivity contribution in [1.82, 2.24) is 5.32 Å². The molecule has 3 amide bonds. The Hall–Kier alpha value is -3.41. The largest absolute Gasteiger partial charge is 0.355 e. The van der Waals surface area contributed by atoms with Gasteiger partial charge in [0, 0.05) is 30.3 Å². The first-order valence-electron chi connectivity index (χ1n) is 8.73. The highest BCUT2D eigenvalue weighted by Crippen LogP contribution is 2.29. The van der Waals surface area contributed by atoms with Crippen molar-refractivity contribution in [1.29, 1.82) is 0 Å². The molecule has 1 unspecified atom stereocenters. The molecule has 0 spiro atoms. The number of carbonyl (C=O) groups is 3. The zero-order valence-corrected chi connectivity index (χ0v) is 14.8. The van der Waals surface area contributed by atoms with Crippen molar-refractivity contribution in [3.05, 3.63) is 72.3 Å². The van der Waals surface area contributed by atoms with Crippen molar-refractivity contribution in [2.45, 2.75) is 18.8 Å². The summed E-state index contributed by atoms with van der Waals surface area (Å²) in [6.45, 7) is 4.00. The molecule has 6 nitrogen and oxygen atoms in total. The maximum absolute atomic E-state index is 12.5. The molecule has 27 heavy (non-hydrogen) atoms. The molecule has 0 saturated carbocycles. The van der Waals surface area contributed by atoms with Crippen molar-refractivity contribution in [3.63, 3.8) is 0 Å². The van der Waals surface area contributed by atoms with Gasteiger partial charge in [-0.25, -0.2) is 0 Å². The number of carbonyl (C=O) groups excluding carboxylic acids is 3. The molecule has 0 aliphatic carbocycles. The summed E-state index contributed by atoms with van der Waals surface area (Å²) in [5.41, 5.74) is 3.07. The highest BCUT2D eigenvalue weighted by atomic mass is 16.2. The third-order valence-electron chi connectivity index (χ3n) is 4.40. The first-order valence-corrected chi connectivity index (χ1v) is 8.73. The van der Waals surface area contributed by atoms with E-state index in [0.29, 0.717) is 18.7 Å². The number of rotatable bonds is 6. The fraction of sp³-hybridized carbons (Fsp3) is 0.190. The predicted molar refractivity (Wildman–Crippen MR) is 104 cm³/mol. The first kappa shape index (κ1) is 18.4. The summed E-state index contributed by atoms with van der Waals surface area (Å²) in [6, 6.07) is 14.7. The maximum atomic E-state index is 12.5. The van der Waals surface area contributed by atoms with Crippen LogP contribution < -0.4 is 16.0 Å². The summed E-state index contributed by atoms with van der Waals surface area (Å²) in [6.07, 6.45) is 1.80. The van der Waals surface area contributed by atoms with Crippen LogP contribution in [0.5, 0.6) is 0 Å². The number of hydrogen-bond acceptors (Lipinski definition) is 3. The van der Waals surface area contributed by atoms with Crippen molar-refractivity contribution >= 4 is 29.1 Å². The molecule has 1 aliphatic rings. The average molecular weight is 363 g/mol. The van der Waals surface area contributed by atoms with Crippen LogP contribution in [0.25, 0.3) is 0 Å². The quantitative estimate of drug-likeness (QED) is 0.690. The highest BCUT2D eigenvalue weighted by Gasteiger charge is 2.25. The molecule has 1 heterocycles. The lowest BCUT2D eigenvalue weighted by Crippen LogP contribution is -2.17. The molecule has 1 atom stereocenters. The Morgan fingerprint density at radius 2 is 1.96 bits per heavy atom. The monoisotopic (exact) mass is 363 g/mol. The van der Waals surface area contributed by atoms with E-state index >= 15 is 0 Å². The second kappa shape index (κ2) is 8.31. The predicted octanol–water partition coefficient (Wildman–Crippen LogP) is 2.60. The summed E-state index contributed by atoms with van der Waals surface area (Å²) < 4.78 is 0. The first-order chi connectivity index (χ1) is 13.0. The Morgan fingerprint density at radius 1 is 1.15 bits per heavy atom. The van der Waals surface area contributed by atoms with Gasteiger partial charge >= 0.3 is 0 Å². The number of para-hydroxylation sites is 1. The zero-order valence-electron chi connectivity index (χ0n) is 14.8. The van der Waals surface area contributed by atoms with Gasteiger partial charge in [0.1, 0.15) is 0 Å². The van der Waals surface area contributed by atoms with Crippen LogP contribution in [0, 0.1) is 0 Å². The summed E-state index contributed by atoms with van der Waals surface area (Å²) in [4.78, 5) is 35.4. The van der Waals surface area contributed by atoms with E-state index in [9.17, 15) is 14.4 Å². The third-order valence-corrected chi connectivity index (χ3v) is 4.40. The van der Waals surface area contributed by atoms with Gasteiger partial charge in [0.25, 0.3) is 0 Å². The van der Waals surface area contributed by atoms with Crippen LogP contribution in [0.1, 0.15) is 23.5 Å². The minimum atomic E-state index is -0.301. The molecule has 0 radical (unpaired) electrons. The van der Waals surface area contributed by atoms with Gasteiger partial charge in [0.05, 0.1) is 6.42 Å². The molecule has 3 N–H and O–H groups in total. The zero-order chi connectivity index (χ0) is 19.2. The van der Waals surface area contributed by atoms with Gasteiger partial charge in [-0.2, -0.15) is 0 Å². The third kappa shape index (κ3) is 4.82. The average Bonchev–Trinajstić information content (AvgIpc) is 3.08. The van der Waals surface area contributed by atoms with Gasteiger partial charge in [-0.05, 0) is 35.4 Å². The highest BCUT2D eigenvalue weighted by molar-refractivity contribution is 5.99. The summed E-state index contributed by atoms with van der Waals surface area (Å²) in [5.74, 6) is -0.372. The molecule has 1 aliphatic heterocycles. The second-order valence-corrected chi connectivity index (χ2v) is 6.41. The smallest absolute Gasteiger partial charge is 0.247 e. The van der Waals surface area contributed by atoms with Gasteiger partial charge in [0.2, 0.25) is 17.7 Å². The van der Waals surface area contributed by atoms with Gasteiger partial charge in [0.15, 0.2) is 0 Å². The number of hydrogen-bond donors (Lipinski definition) is 3. The number of benzene rings is 2. The van der Waals surface area contributed by atoms with Crippen LogP contribution in [0.4, 0.5) is 11.4 Å². The van der Waals surface area contributed by atoms with E-state index in [-0.39, 0.29) is 30.1 Å². The molecule has 3 rings (SSSR count).